The van der Waals surface area contributed by atoms with E-state index in [1.807, 2.05) is 12.2 Å². The van der Waals surface area contributed by atoms with Crippen LogP contribution in [-0.4, -0.2) is 37.5 Å². The number of hydrogen-bond donors (Lipinski definition) is 1. The smallest absolute Gasteiger partial charge is 0.387 e. The number of amidine groups is 1. The third-order valence-electron chi connectivity index (χ3n) is 7.03. The van der Waals surface area contributed by atoms with E-state index in [0.29, 0.717) is 30.1 Å². The van der Waals surface area contributed by atoms with E-state index >= 15 is 0 Å². The average Bonchev–Trinajstić information content (AvgIpc) is 3.30. The van der Waals surface area contributed by atoms with Gasteiger partial charge in [0.05, 0.1) is 30.2 Å². The minimum absolute atomic E-state index is 0.0507. The van der Waals surface area contributed by atoms with Crippen LogP contribution in [0.25, 0.3) is 0 Å². The summed E-state index contributed by atoms with van der Waals surface area (Å²) in [6, 6.07) is 0. The van der Waals surface area contributed by atoms with Gasteiger partial charge in [0, 0.05) is 30.9 Å². The second-order valence-corrected chi connectivity index (χ2v) is 9.20. The lowest BCUT2D eigenvalue weighted by Gasteiger charge is -2.37. The number of nitrogens with zero attached hydrogens (tertiary/aromatic N) is 2. The first kappa shape index (κ1) is 25.6. The molecular weight excluding hydrogens is 431 g/mol. The van der Waals surface area contributed by atoms with Crippen LogP contribution in [-0.2, 0) is 9.57 Å². The number of hydrogen-bond acceptors (Lipinski definition) is 4. The van der Waals surface area contributed by atoms with E-state index in [4.69, 9.17) is 15.3 Å². The lowest BCUT2D eigenvalue weighted by atomic mass is 9.76. The molecule has 0 aromatic heterocycles. The number of oxime groups is 1. The van der Waals surface area contributed by atoms with E-state index in [9.17, 15) is 13.2 Å². The number of nitrogens with two attached hydrogens (primary N) is 1. The molecule has 0 radical (unpaired) electrons. The second kappa shape index (κ2) is 11.9. The molecule has 0 spiro atoms. The zero-order chi connectivity index (χ0) is 23.8. The van der Waals surface area contributed by atoms with Gasteiger partial charge in [-0.25, -0.2) is 0 Å². The molecule has 33 heavy (non-hydrogen) atoms. The van der Waals surface area contributed by atoms with Crippen molar-refractivity contribution < 1.29 is 22.7 Å². The van der Waals surface area contributed by atoms with Gasteiger partial charge in [-0.1, -0.05) is 49.2 Å². The van der Waals surface area contributed by atoms with Gasteiger partial charge in [0.2, 0.25) is 0 Å². The van der Waals surface area contributed by atoms with Gasteiger partial charge in [-0.15, -0.1) is 0 Å². The molecule has 0 saturated heterocycles. The van der Waals surface area contributed by atoms with Gasteiger partial charge in [-0.05, 0) is 38.5 Å². The third-order valence-corrected chi connectivity index (χ3v) is 7.03. The average molecular weight is 468 g/mol. The van der Waals surface area contributed by atoms with Crippen LogP contribution < -0.4 is 5.73 Å². The first-order valence-electron chi connectivity index (χ1n) is 12.1. The molecular formula is C25H36F3N3O2. The molecule has 4 unspecified atom stereocenters. The minimum atomic E-state index is -4.32. The Kier molecular flexibility index (Phi) is 9.21. The van der Waals surface area contributed by atoms with Crippen molar-refractivity contribution in [2.24, 2.45) is 39.6 Å². The topological polar surface area (TPSA) is 69.2 Å². The normalized spacial score (nSPS) is 30.9. The molecule has 0 amide bonds. The highest BCUT2D eigenvalue weighted by Gasteiger charge is 2.49. The maximum atomic E-state index is 13.8. The number of halogens is 3. The van der Waals surface area contributed by atoms with Crippen LogP contribution in [0.15, 0.2) is 39.9 Å². The molecule has 0 bridgehead atoms. The Morgan fingerprint density at radius 1 is 1.30 bits per heavy atom. The van der Waals surface area contributed by atoms with E-state index < -0.39 is 18.2 Å². The Morgan fingerprint density at radius 3 is 2.79 bits per heavy atom. The first-order valence-corrected chi connectivity index (χ1v) is 12.1. The van der Waals surface area contributed by atoms with Crippen molar-refractivity contribution in [3.05, 3.63) is 29.7 Å². The molecule has 1 heterocycles. The second-order valence-electron chi connectivity index (χ2n) is 9.20. The largest absolute Gasteiger partial charge is 0.394 e. The molecule has 1 aliphatic heterocycles. The number of aliphatic imine (C=N–C) groups is 1. The molecule has 0 aromatic rings. The summed E-state index contributed by atoms with van der Waals surface area (Å²) in [6.07, 6.45) is 7.18. The molecule has 184 valence electrons. The summed E-state index contributed by atoms with van der Waals surface area (Å²) in [5.41, 5.74) is 9.71. The summed E-state index contributed by atoms with van der Waals surface area (Å²) in [5.74, 6) is -0.480. The Hall–Kier alpha value is -2.05. The van der Waals surface area contributed by atoms with Gasteiger partial charge >= 0.3 is 6.18 Å². The number of ether oxygens (including phenoxy) is 1. The van der Waals surface area contributed by atoms with E-state index in [1.54, 1.807) is 13.1 Å². The SMILES string of the molecule is CCCC/C=C/COC1CCC(C2=NOC([C@@H]3CCCC3C(N)=NC)=C=C2)CC1C(F)(F)F. The van der Waals surface area contributed by atoms with Crippen molar-refractivity contribution in [1.82, 2.24) is 0 Å². The molecule has 5 atom stereocenters. The molecule has 3 rings (SSSR count). The summed E-state index contributed by atoms with van der Waals surface area (Å²) in [5, 5.41) is 4.21. The van der Waals surface area contributed by atoms with Crippen LogP contribution in [0.2, 0.25) is 0 Å². The molecule has 2 N–H and O–H groups in total. The van der Waals surface area contributed by atoms with Crippen LogP contribution in [0.1, 0.15) is 64.7 Å². The van der Waals surface area contributed by atoms with Crippen molar-refractivity contribution in [3.8, 4) is 0 Å². The van der Waals surface area contributed by atoms with Gasteiger partial charge in [-0.2, -0.15) is 13.2 Å². The number of alkyl halides is 3. The fourth-order valence-corrected chi connectivity index (χ4v) is 5.10. The third kappa shape index (κ3) is 6.73. The first-order chi connectivity index (χ1) is 15.8. The van der Waals surface area contributed by atoms with Crippen molar-refractivity contribution >= 4 is 11.5 Å². The van der Waals surface area contributed by atoms with Crippen molar-refractivity contribution in [2.45, 2.75) is 77.0 Å². The van der Waals surface area contributed by atoms with E-state index in [-0.39, 0.29) is 30.8 Å². The molecule has 2 fully saturated rings. The van der Waals surface area contributed by atoms with Crippen LogP contribution >= 0.6 is 0 Å². The summed E-state index contributed by atoms with van der Waals surface area (Å²) in [6.45, 7) is 2.32. The molecule has 2 aliphatic carbocycles. The predicted octanol–water partition coefficient (Wildman–Crippen LogP) is 5.93. The minimum Gasteiger partial charge on any atom is -0.387 e. The Labute approximate surface area is 194 Å². The van der Waals surface area contributed by atoms with Crippen LogP contribution in [0.3, 0.4) is 0 Å². The molecule has 5 nitrogen and oxygen atoms in total. The number of allylic oxidation sites excluding steroid dienone is 2. The van der Waals surface area contributed by atoms with Gasteiger partial charge in [0.15, 0.2) is 5.76 Å². The zero-order valence-electron chi connectivity index (χ0n) is 19.6. The Balaban J connectivity index is 1.62. The fourth-order valence-electron chi connectivity index (χ4n) is 5.10. The highest BCUT2D eigenvalue weighted by Crippen LogP contribution is 2.43. The standard InChI is InChI=1S/C25H36F3N3O2/c1-3-4-5-6-7-15-32-23-13-11-17(16-20(23)25(26,27)28)21-12-14-22(33-31-21)18-9-8-10-19(18)24(29)30-2/h6-7,12,17-20,23H,3-5,8-11,13,15-16H2,1-2H3,(H2,29,30)/b7-6+/t17?,18-,19?,20?,23?/m1/s1. The van der Waals surface area contributed by atoms with E-state index in [2.05, 4.69) is 22.8 Å². The van der Waals surface area contributed by atoms with Gasteiger partial charge in [-0.3, -0.25) is 4.99 Å². The summed E-state index contributed by atoms with van der Waals surface area (Å²) in [7, 11) is 1.67. The fraction of sp³-hybridized carbons (Fsp3) is 0.720. The maximum Gasteiger partial charge on any atom is 0.394 e. The maximum absolute atomic E-state index is 13.8. The quantitative estimate of drug-likeness (QED) is 0.150. The summed E-state index contributed by atoms with van der Waals surface area (Å²) < 4.78 is 47.0. The lowest BCUT2D eigenvalue weighted by Crippen LogP contribution is -2.42. The summed E-state index contributed by atoms with van der Waals surface area (Å²) >= 11 is 0. The van der Waals surface area contributed by atoms with Gasteiger partial charge in [0.1, 0.15) is 0 Å². The van der Waals surface area contributed by atoms with Crippen LogP contribution in [0.4, 0.5) is 13.2 Å². The van der Waals surface area contributed by atoms with Crippen molar-refractivity contribution in [1.29, 1.82) is 0 Å². The highest BCUT2D eigenvalue weighted by molar-refractivity contribution is 5.96. The Bertz CT molecular complexity index is 812. The van der Waals surface area contributed by atoms with Gasteiger partial charge in [0.25, 0.3) is 0 Å². The molecule has 2 saturated carbocycles. The van der Waals surface area contributed by atoms with Crippen molar-refractivity contribution in [3.63, 3.8) is 0 Å². The summed E-state index contributed by atoms with van der Waals surface area (Å²) in [4.78, 5) is 9.75. The monoisotopic (exact) mass is 467 g/mol. The van der Waals surface area contributed by atoms with E-state index in [0.717, 1.165) is 38.5 Å². The molecule has 0 aromatic carbocycles. The molecule has 8 heteroatoms. The number of rotatable bonds is 9. The van der Waals surface area contributed by atoms with Gasteiger partial charge < -0.3 is 15.3 Å². The van der Waals surface area contributed by atoms with Crippen LogP contribution in [0, 0.1) is 23.7 Å². The van der Waals surface area contributed by atoms with Crippen molar-refractivity contribution in [2.75, 3.05) is 13.7 Å². The Morgan fingerprint density at radius 2 is 2.12 bits per heavy atom. The lowest BCUT2D eigenvalue weighted by molar-refractivity contribution is -0.216. The van der Waals surface area contributed by atoms with E-state index in [1.165, 1.54) is 0 Å². The zero-order valence-corrected chi connectivity index (χ0v) is 19.6. The highest BCUT2D eigenvalue weighted by atomic mass is 19.4. The number of unbranched alkanes of at least 4 members (excludes halogenated alkanes) is 2. The van der Waals surface area contributed by atoms with Crippen LogP contribution in [0.5, 0.6) is 0 Å². The molecule has 3 aliphatic rings. The predicted molar refractivity (Wildman–Crippen MR) is 124 cm³/mol.